The fourth-order valence-electron chi connectivity index (χ4n) is 2.23. The molecule has 0 fully saturated rings. The molecule has 2 aromatic rings. The van der Waals surface area contributed by atoms with Crippen molar-refractivity contribution in [1.82, 2.24) is 4.90 Å². The highest BCUT2D eigenvalue weighted by Gasteiger charge is 2.18. The van der Waals surface area contributed by atoms with E-state index in [2.05, 4.69) is 15.9 Å². The highest BCUT2D eigenvalue weighted by atomic mass is 79.9. The Morgan fingerprint density at radius 3 is 2.35 bits per heavy atom. The zero-order valence-corrected chi connectivity index (χ0v) is 14.8. The molecule has 120 valence electrons. The Labute approximate surface area is 144 Å². The van der Waals surface area contributed by atoms with Crippen molar-refractivity contribution in [3.63, 3.8) is 0 Å². The maximum absolute atomic E-state index is 12.4. The molecule has 0 atom stereocenters. The number of anilines is 1. The van der Waals surface area contributed by atoms with Crippen LogP contribution in [0.2, 0.25) is 0 Å². The van der Waals surface area contributed by atoms with Crippen LogP contribution in [0.15, 0.2) is 59.1 Å². The van der Waals surface area contributed by atoms with Crippen LogP contribution in [-0.4, -0.2) is 30.3 Å². The van der Waals surface area contributed by atoms with E-state index in [9.17, 15) is 9.59 Å². The number of likely N-dealkylation sites (N-methyl/N-ethyl adjacent to an activating group) is 1. The topological polar surface area (TPSA) is 40.6 Å². The molecule has 2 rings (SSSR count). The predicted molar refractivity (Wildman–Crippen MR) is 95.1 cm³/mol. The molecule has 0 spiro atoms. The number of hydrogen-bond acceptors (Lipinski definition) is 2. The summed E-state index contributed by atoms with van der Waals surface area (Å²) in [5, 5.41) is 0. The minimum Gasteiger partial charge on any atom is -0.340 e. The molecule has 0 radical (unpaired) electrons. The van der Waals surface area contributed by atoms with Crippen LogP contribution in [0.1, 0.15) is 12.5 Å². The van der Waals surface area contributed by atoms with Crippen molar-refractivity contribution in [3.05, 3.63) is 64.6 Å². The predicted octanol–water partition coefficient (Wildman–Crippen LogP) is 3.46. The quantitative estimate of drug-likeness (QED) is 0.803. The van der Waals surface area contributed by atoms with Gasteiger partial charge in [-0.25, -0.2) is 0 Å². The molecule has 0 saturated carbocycles. The molecular weight excluding hydrogens is 356 g/mol. The lowest BCUT2D eigenvalue weighted by Crippen LogP contribution is -2.40. The van der Waals surface area contributed by atoms with Crippen molar-refractivity contribution >= 4 is 33.4 Å². The summed E-state index contributed by atoms with van der Waals surface area (Å²) in [7, 11) is 1.74. The lowest BCUT2D eigenvalue weighted by atomic mass is 10.2. The van der Waals surface area contributed by atoms with Gasteiger partial charge in [0.2, 0.25) is 11.8 Å². The zero-order chi connectivity index (χ0) is 16.8. The molecule has 5 heteroatoms. The van der Waals surface area contributed by atoms with E-state index >= 15 is 0 Å². The summed E-state index contributed by atoms with van der Waals surface area (Å²) in [5.74, 6) is -0.270. The normalized spacial score (nSPS) is 10.2. The van der Waals surface area contributed by atoms with E-state index in [0.717, 1.165) is 10.0 Å². The van der Waals surface area contributed by atoms with Crippen LogP contribution in [0.4, 0.5) is 5.69 Å². The zero-order valence-electron chi connectivity index (χ0n) is 13.2. The van der Waals surface area contributed by atoms with Gasteiger partial charge in [-0.05, 0) is 23.8 Å². The summed E-state index contributed by atoms with van der Waals surface area (Å²) in [6.45, 7) is 2.00. The van der Waals surface area contributed by atoms with Crippen molar-refractivity contribution < 1.29 is 9.59 Å². The summed E-state index contributed by atoms with van der Waals surface area (Å²) < 4.78 is 0.867. The maximum Gasteiger partial charge on any atom is 0.242 e. The highest BCUT2D eigenvalue weighted by molar-refractivity contribution is 9.10. The molecule has 0 N–H and O–H groups in total. The van der Waals surface area contributed by atoms with Gasteiger partial charge in [0.25, 0.3) is 0 Å². The van der Waals surface area contributed by atoms with Gasteiger partial charge in [0.15, 0.2) is 0 Å². The van der Waals surface area contributed by atoms with Gasteiger partial charge in [0, 0.05) is 30.7 Å². The van der Waals surface area contributed by atoms with Crippen molar-refractivity contribution in [2.75, 3.05) is 18.5 Å². The summed E-state index contributed by atoms with van der Waals surface area (Å²) in [4.78, 5) is 27.5. The maximum atomic E-state index is 12.4. The number of carbonyl (C=O) groups excluding carboxylic acids is 2. The van der Waals surface area contributed by atoms with Gasteiger partial charge < -0.3 is 9.80 Å². The van der Waals surface area contributed by atoms with Crippen LogP contribution in [0.3, 0.4) is 0 Å². The third-order valence-corrected chi connectivity index (χ3v) is 3.97. The van der Waals surface area contributed by atoms with E-state index in [1.807, 2.05) is 54.6 Å². The van der Waals surface area contributed by atoms with Gasteiger partial charge in [0.1, 0.15) is 6.54 Å². The Morgan fingerprint density at radius 2 is 1.74 bits per heavy atom. The van der Waals surface area contributed by atoms with Crippen molar-refractivity contribution in [2.45, 2.75) is 13.5 Å². The number of rotatable bonds is 5. The number of benzene rings is 2. The first kappa shape index (κ1) is 17.2. The van der Waals surface area contributed by atoms with Gasteiger partial charge in [-0.3, -0.25) is 9.59 Å². The second-order valence-corrected chi connectivity index (χ2v) is 6.24. The smallest absolute Gasteiger partial charge is 0.242 e. The molecule has 4 nitrogen and oxygen atoms in total. The van der Waals surface area contributed by atoms with Gasteiger partial charge >= 0.3 is 0 Å². The number of amides is 2. The van der Waals surface area contributed by atoms with Gasteiger partial charge in [0.05, 0.1) is 0 Å². The monoisotopic (exact) mass is 374 g/mol. The average Bonchev–Trinajstić information content (AvgIpc) is 2.53. The van der Waals surface area contributed by atoms with E-state index in [1.165, 1.54) is 11.8 Å². The SMILES string of the molecule is CC(=O)N(CC(=O)N(C)Cc1ccccc1)c1cccc(Br)c1. The lowest BCUT2D eigenvalue weighted by molar-refractivity contribution is -0.130. The van der Waals surface area contributed by atoms with E-state index < -0.39 is 0 Å². The van der Waals surface area contributed by atoms with Crippen molar-refractivity contribution in [2.24, 2.45) is 0 Å². The van der Waals surface area contributed by atoms with Crippen molar-refractivity contribution in [3.8, 4) is 0 Å². The van der Waals surface area contributed by atoms with Gasteiger partial charge in [-0.15, -0.1) is 0 Å². The van der Waals surface area contributed by atoms with Crippen LogP contribution in [-0.2, 0) is 16.1 Å². The minimum atomic E-state index is -0.162. The standard InChI is InChI=1S/C18H19BrN2O2/c1-14(22)21(17-10-6-9-16(19)11-17)13-18(23)20(2)12-15-7-4-3-5-8-15/h3-11H,12-13H2,1-2H3. The van der Waals surface area contributed by atoms with Crippen molar-refractivity contribution in [1.29, 1.82) is 0 Å². The first-order chi connectivity index (χ1) is 11.0. The summed E-state index contributed by atoms with van der Waals surface area (Å²) >= 11 is 3.39. The highest BCUT2D eigenvalue weighted by Crippen LogP contribution is 2.20. The number of carbonyl (C=O) groups is 2. The molecule has 0 bridgehead atoms. The molecule has 0 aliphatic heterocycles. The van der Waals surface area contributed by atoms with E-state index in [0.29, 0.717) is 12.2 Å². The number of nitrogens with zero attached hydrogens (tertiary/aromatic N) is 2. The second kappa shape index (κ2) is 7.92. The van der Waals surface area contributed by atoms with E-state index in [4.69, 9.17) is 0 Å². The van der Waals surface area contributed by atoms with Gasteiger partial charge in [-0.2, -0.15) is 0 Å². The first-order valence-corrected chi connectivity index (χ1v) is 8.08. The average molecular weight is 375 g/mol. The largest absolute Gasteiger partial charge is 0.340 e. The molecule has 2 aromatic carbocycles. The molecular formula is C18H19BrN2O2. The van der Waals surface area contributed by atoms with Crippen LogP contribution >= 0.6 is 15.9 Å². The Kier molecular flexibility index (Phi) is 5.93. The summed E-state index contributed by atoms with van der Waals surface area (Å²) in [6, 6.07) is 17.1. The Hall–Kier alpha value is -2.14. The Bertz CT molecular complexity index is 688. The third kappa shape index (κ3) is 4.93. The Balaban J connectivity index is 2.07. The van der Waals surface area contributed by atoms with Crippen LogP contribution in [0.5, 0.6) is 0 Å². The first-order valence-electron chi connectivity index (χ1n) is 7.29. The molecule has 0 heterocycles. The van der Waals surface area contributed by atoms with Gasteiger partial charge in [-0.1, -0.05) is 52.3 Å². The summed E-state index contributed by atoms with van der Waals surface area (Å²) in [6.07, 6.45) is 0. The molecule has 2 amide bonds. The number of halogens is 1. The summed E-state index contributed by atoms with van der Waals surface area (Å²) in [5.41, 5.74) is 1.76. The molecule has 0 aliphatic rings. The second-order valence-electron chi connectivity index (χ2n) is 5.32. The molecule has 0 saturated heterocycles. The molecule has 0 aromatic heterocycles. The van der Waals surface area contributed by atoms with Crippen LogP contribution in [0, 0.1) is 0 Å². The van der Waals surface area contributed by atoms with Crippen LogP contribution < -0.4 is 4.90 Å². The lowest BCUT2D eigenvalue weighted by Gasteiger charge is -2.24. The fourth-order valence-corrected chi connectivity index (χ4v) is 2.62. The Morgan fingerprint density at radius 1 is 1.04 bits per heavy atom. The van der Waals surface area contributed by atoms with E-state index in [1.54, 1.807) is 11.9 Å². The molecule has 0 aliphatic carbocycles. The minimum absolute atomic E-state index is 0.0229. The van der Waals surface area contributed by atoms with E-state index in [-0.39, 0.29) is 18.4 Å². The molecule has 23 heavy (non-hydrogen) atoms. The molecule has 0 unspecified atom stereocenters. The van der Waals surface area contributed by atoms with Crippen LogP contribution in [0.25, 0.3) is 0 Å². The third-order valence-electron chi connectivity index (χ3n) is 3.48. The number of hydrogen-bond donors (Lipinski definition) is 0. The fraction of sp³-hybridized carbons (Fsp3) is 0.222.